The fourth-order valence-corrected chi connectivity index (χ4v) is 3.37. The van der Waals surface area contributed by atoms with E-state index in [4.69, 9.17) is 16.3 Å². The van der Waals surface area contributed by atoms with Crippen molar-refractivity contribution in [3.8, 4) is 11.5 Å². The van der Waals surface area contributed by atoms with E-state index in [1.54, 1.807) is 36.4 Å². The lowest BCUT2D eigenvalue weighted by molar-refractivity contribution is -0.385. The molecular formula is C19H19ClN2O5. The standard InChI is InChI=1S/C19H19ClN2O5/c20-15-5-1-2-6-17(15)27-18-8-7-13(10-16(18)22(25)26)11-21-9-3-4-14(12-21)19(23)24/h1-2,5-8,10,14H,3-4,9,11-12H2,(H,23,24). The van der Waals surface area contributed by atoms with Crippen molar-refractivity contribution in [1.29, 1.82) is 0 Å². The van der Waals surface area contributed by atoms with E-state index in [-0.39, 0.29) is 11.4 Å². The minimum Gasteiger partial charge on any atom is -0.481 e. The van der Waals surface area contributed by atoms with Gasteiger partial charge >= 0.3 is 11.7 Å². The van der Waals surface area contributed by atoms with Gasteiger partial charge in [0.25, 0.3) is 0 Å². The summed E-state index contributed by atoms with van der Waals surface area (Å²) in [4.78, 5) is 24.2. The number of halogens is 1. The predicted molar refractivity (Wildman–Crippen MR) is 100 cm³/mol. The molecule has 0 radical (unpaired) electrons. The Morgan fingerprint density at radius 1 is 1.30 bits per heavy atom. The zero-order valence-corrected chi connectivity index (χ0v) is 15.3. The van der Waals surface area contributed by atoms with E-state index in [0.717, 1.165) is 18.5 Å². The SMILES string of the molecule is O=C(O)C1CCCN(Cc2ccc(Oc3ccccc3Cl)c([N+](=O)[O-])c2)C1. The van der Waals surface area contributed by atoms with Gasteiger partial charge in [-0.25, -0.2) is 0 Å². The average Bonchev–Trinajstić information content (AvgIpc) is 2.65. The molecule has 0 aromatic heterocycles. The van der Waals surface area contributed by atoms with Crippen LogP contribution in [-0.2, 0) is 11.3 Å². The summed E-state index contributed by atoms with van der Waals surface area (Å²) in [5.41, 5.74) is 0.582. The van der Waals surface area contributed by atoms with Crippen LogP contribution in [0.15, 0.2) is 42.5 Å². The molecule has 1 heterocycles. The molecule has 1 aliphatic heterocycles. The summed E-state index contributed by atoms with van der Waals surface area (Å²) in [6, 6.07) is 11.5. The molecule has 0 aliphatic carbocycles. The van der Waals surface area contributed by atoms with Crippen molar-refractivity contribution < 1.29 is 19.6 Å². The number of carboxylic acids is 1. The average molecular weight is 391 g/mol. The van der Waals surface area contributed by atoms with Gasteiger partial charge in [0.15, 0.2) is 0 Å². The second-order valence-corrected chi connectivity index (χ2v) is 6.91. The van der Waals surface area contributed by atoms with Gasteiger partial charge in [0.2, 0.25) is 5.75 Å². The van der Waals surface area contributed by atoms with Crippen molar-refractivity contribution in [1.82, 2.24) is 4.90 Å². The highest BCUT2D eigenvalue weighted by molar-refractivity contribution is 6.32. The third-order valence-corrected chi connectivity index (χ3v) is 4.85. The maximum absolute atomic E-state index is 11.5. The van der Waals surface area contributed by atoms with Gasteiger partial charge in [-0.2, -0.15) is 0 Å². The maximum atomic E-state index is 11.5. The summed E-state index contributed by atoms with van der Waals surface area (Å²) in [6.07, 6.45) is 1.46. The van der Waals surface area contributed by atoms with Gasteiger partial charge in [0.1, 0.15) is 5.75 Å². The highest BCUT2D eigenvalue weighted by atomic mass is 35.5. The van der Waals surface area contributed by atoms with E-state index >= 15 is 0 Å². The smallest absolute Gasteiger partial charge is 0.311 e. The Labute approximate surface area is 161 Å². The van der Waals surface area contributed by atoms with Gasteiger partial charge in [0, 0.05) is 19.2 Å². The quantitative estimate of drug-likeness (QED) is 0.582. The lowest BCUT2D eigenvalue weighted by atomic mass is 9.98. The number of benzene rings is 2. The van der Waals surface area contributed by atoms with Gasteiger partial charge in [-0.1, -0.05) is 29.8 Å². The van der Waals surface area contributed by atoms with Gasteiger partial charge in [0.05, 0.1) is 15.9 Å². The number of rotatable bonds is 6. The van der Waals surface area contributed by atoms with Crippen molar-refractivity contribution in [2.75, 3.05) is 13.1 Å². The lowest BCUT2D eigenvalue weighted by Gasteiger charge is -2.30. The Balaban J connectivity index is 1.78. The van der Waals surface area contributed by atoms with E-state index in [1.165, 1.54) is 6.07 Å². The highest BCUT2D eigenvalue weighted by Gasteiger charge is 2.26. The number of carboxylic acid groups (broad SMARTS) is 1. The number of likely N-dealkylation sites (tertiary alicyclic amines) is 1. The maximum Gasteiger partial charge on any atom is 0.311 e. The highest BCUT2D eigenvalue weighted by Crippen LogP contribution is 2.35. The Bertz CT molecular complexity index is 858. The van der Waals surface area contributed by atoms with Crippen LogP contribution < -0.4 is 4.74 Å². The van der Waals surface area contributed by atoms with E-state index in [9.17, 15) is 20.0 Å². The van der Waals surface area contributed by atoms with E-state index < -0.39 is 16.8 Å². The first-order valence-electron chi connectivity index (χ1n) is 8.59. The molecule has 0 saturated carbocycles. The van der Waals surface area contributed by atoms with Crippen LogP contribution in [0, 0.1) is 16.0 Å². The first kappa shape index (κ1) is 19.1. The molecule has 7 nitrogen and oxygen atoms in total. The Kier molecular flexibility index (Phi) is 5.93. The summed E-state index contributed by atoms with van der Waals surface area (Å²) in [5, 5.41) is 21.0. The fraction of sp³-hybridized carbons (Fsp3) is 0.316. The number of ether oxygens (including phenoxy) is 1. The van der Waals surface area contributed by atoms with Gasteiger partial charge in [-0.05, 0) is 43.1 Å². The van der Waals surface area contributed by atoms with E-state index in [0.29, 0.717) is 30.3 Å². The first-order valence-corrected chi connectivity index (χ1v) is 8.96. The van der Waals surface area contributed by atoms with Crippen molar-refractivity contribution in [2.24, 2.45) is 5.92 Å². The minimum absolute atomic E-state index is 0.110. The summed E-state index contributed by atoms with van der Waals surface area (Å²) in [5.74, 6) is -0.736. The van der Waals surface area contributed by atoms with Crippen LogP contribution in [0.2, 0.25) is 5.02 Å². The van der Waals surface area contributed by atoms with Crippen LogP contribution >= 0.6 is 11.6 Å². The molecule has 2 aromatic rings. The molecule has 27 heavy (non-hydrogen) atoms. The van der Waals surface area contributed by atoms with Crippen LogP contribution in [0.3, 0.4) is 0 Å². The monoisotopic (exact) mass is 390 g/mol. The normalized spacial score (nSPS) is 17.4. The molecule has 142 valence electrons. The molecule has 1 unspecified atom stereocenters. The third kappa shape index (κ3) is 4.75. The van der Waals surface area contributed by atoms with Gasteiger partial charge < -0.3 is 9.84 Å². The van der Waals surface area contributed by atoms with Crippen molar-refractivity contribution in [3.05, 3.63) is 63.2 Å². The number of nitro groups is 1. The van der Waals surface area contributed by atoms with E-state index in [2.05, 4.69) is 0 Å². The van der Waals surface area contributed by atoms with Crippen LogP contribution in [0.5, 0.6) is 11.5 Å². The number of nitrogens with zero attached hydrogens (tertiary/aromatic N) is 2. The minimum atomic E-state index is -0.797. The molecule has 0 amide bonds. The third-order valence-electron chi connectivity index (χ3n) is 4.54. The number of nitro benzene ring substituents is 1. The first-order chi connectivity index (χ1) is 12.9. The van der Waals surface area contributed by atoms with Crippen molar-refractivity contribution >= 4 is 23.3 Å². The van der Waals surface area contributed by atoms with Crippen molar-refractivity contribution in [3.63, 3.8) is 0 Å². The zero-order valence-electron chi connectivity index (χ0n) is 14.5. The Morgan fingerprint density at radius 3 is 2.78 bits per heavy atom. The summed E-state index contributed by atoms with van der Waals surface area (Å²) >= 11 is 6.06. The molecule has 1 saturated heterocycles. The van der Waals surface area contributed by atoms with Crippen LogP contribution in [0.4, 0.5) is 5.69 Å². The zero-order chi connectivity index (χ0) is 19.4. The topological polar surface area (TPSA) is 92.9 Å². The molecule has 3 rings (SSSR count). The summed E-state index contributed by atoms with van der Waals surface area (Å²) < 4.78 is 5.63. The molecule has 1 atom stereocenters. The molecule has 1 N–H and O–H groups in total. The molecule has 0 spiro atoms. The molecule has 1 aliphatic rings. The van der Waals surface area contributed by atoms with Crippen molar-refractivity contribution in [2.45, 2.75) is 19.4 Å². The summed E-state index contributed by atoms with van der Waals surface area (Å²) in [7, 11) is 0. The van der Waals surface area contributed by atoms with Gasteiger partial charge in [-0.3, -0.25) is 19.8 Å². The fourth-order valence-electron chi connectivity index (χ4n) is 3.20. The second-order valence-electron chi connectivity index (χ2n) is 6.50. The largest absolute Gasteiger partial charge is 0.481 e. The predicted octanol–water partition coefficient (Wildman–Crippen LogP) is 4.34. The lowest BCUT2D eigenvalue weighted by Crippen LogP contribution is -2.38. The number of piperidine rings is 1. The van der Waals surface area contributed by atoms with Crippen LogP contribution in [0.25, 0.3) is 0 Å². The molecule has 2 aromatic carbocycles. The number of aliphatic carboxylic acids is 1. The van der Waals surface area contributed by atoms with Crippen LogP contribution in [0.1, 0.15) is 18.4 Å². The second kappa shape index (κ2) is 8.37. The van der Waals surface area contributed by atoms with Gasteiger partial charge in [-0.15, -0.1) is 0 Å². The Hall–Kier alpha value is -2.64. The Morgan fingerprint density at radius 2 is 2.07 bits per heavy atom. The number of carbonyl (C=O) groups is 1. The van der Waals surface area contributed by atoms with E-state index in [1.807, 2.05) is 4.90 Å². The molecule has 8 heteroatoms. The number of hydrogen-bond acceptors (Lipinski definition) is 5. The van der Waals surface area contributed by atoms with Crippen LogP contribution in [-0.4, -0.2) is 34.0 Å². The summed E-state index contributed by atoms with van der Waals surface area (Å²) in [6.45, 7) is 1.67. The number of hydrogen-bond donors (Lipinski definition) is 1. The molecule has 1 fully saturated rings. The molecule has 0 bridgehead atoms. The molecular weight excluding hydrogens is 372 g/mol. The number of para-hydroxylation sites is 1.